The van der Waals surface area contributed by atoms with E-state index in [0.29, 0.717) is 33.5 Å². The van der Waals surface area contributed by atoms with Gasteiger partial charge in [0, 0.05) is 11.1 Å². The SMILES string of the molecule is N#Cc1cc(Cl)cc(OC2=CC(O)=CCC=C2Cl)c1. The highest BCUT2D eigenvalue weighted by Gasteiger charge is 2.10. The van der Waals surface area contributed by atoms with Crippen molar-refractivity contribution in [3.63, 3.8) is 0 Å². The van der Waals surface area contributed by atoms with Crippen molar-refractivity contribution in [2.45, 2.75) is 6.42 Å². The summed E-state index contributed by atoms with van der Waals surface area (Å²) in [6.45, 7) is 0. The molecule has 2 rings (SSSR count). The molecule has 1 aromatic rings. The summed E-state index contributed by atoms with van der Waals surface area (Å²) >= 11 is 11.9. The molecule has 0 bridgehead atoms. The van der Waals surface area contributed by atoms with Gasteiger partial charge in [0.15, 0.2) is 0 Å². The van der Waals surface area contributed by atoms with E-state index in [0.717, 1.165) is 0 Å². The number of halogens is 2. The van der Waals surface area contributed by atoms with Gasteiger partial charge in [0.05, 0.1) is 16.7 Å². The molecular weight excluding hydrogens is 285 g/mol. The van der Waals surface area contributed by atoms with Gasteiger partial charge in [-0.1, -0.05) is 29.3 Å². The number of nitriles is 1. The van der Waals surface area contributed by atoms with Crippen LogP contribution in [-0.4, -0.2) is 5.11 Å². The van der Waals surface area contributed by atoms with E-state index in [4.69, 9.17) is 33.2 Å². The standard InChI is InChI=1S/C14H9Cl2NO2/c15-10-4-9(8-17)5-12(6-10)19-14-7-11(18)2-1-3-13(14)16/h2-7,18H,1H2. The molecule has 0 aliphatic heterocycles. The molecule has 0 amide bonds. The molecule has 3 nitrogen and oxygen atoms in total. The molecule has 0 heterocycles. The van der Waals surface area contributed by atoms with E-state index in [9.17, 15) is 5.11 Å². The van der Waals surface area contributed by atoms with Crippen LogP contribution in [-0.2, 0) is 0 Å². The van der Waals surface area contributed by atoms with E-state index in [2.05, 4.69) is 0 Å². The lowest BCUT2D eigenvalue weighted by molar-refractivity contribution is 0.410. The van der Waals surface area contributed by atoms with Crippen molar-refractivity contribution in [3.8, 4) is 11.8 Å². The van der Waals surface area contributed by atoms with Gasteiger partial charge in [0.25, 0.3) is 0 Å². The van der Waals surface area contributed by atoms with Gasteiger partial charge >= 0.3 is 0 Å². The van der Waals surface area contributed by atoms with Gasteiger partial charge in [-0.3, -0.25) is 0 Å². The fourth-order valence-electron chi connectivity index (χ4n) is 1.54. The molecule has 0 saturated heterocycles. The molecular formula is C14H9Cl2NO2. The molecule has 0 fully saturated rings. The third-order valence-corrected chi connectivity index (χ3v) is 2.93. The van der Waals surface area contributed by atoms with E-state index in [1.54, 1.807) is 24.3 Å². The van der Waals surface area contributed by atoms with Crippen molar-refractivity contribution in [2.75, 3.05) is 0 Å². The zero-order valence-corrected chi connectivity index (χ0v) is 11.2. The molecule has 19 heavy (non-hydrogen) atoms. The number of aliphatic hydroxyl groups is 1. The molecule has 0 unspecified atom stereocenters. The Hall–Kier alpha value is -1.89. The number of aliphatic hydroxyl groups excluding tert-OH is 1. The summed E-state index contributed by atoms with van der Waals surface area (Å²) in [5.74, 6) is 0.764. The van der Waals surface area contributed by atoms with Crippen molar-refractivity contribution in [2.24, 2.45) is 0 Å². The van der Waals surface area contributed by atoms with Gasteiger partial charge in [-0.05, 0) is 30.7 Å². The minimum absolute atomic E-state index is 0.0736. The van der Waals surface area contributed by atoms with Crippen LogP contribution in [0.1, 0.15) is 12.0 Å². The van der Waals surface area contributed by atoms with Gasteiger partial charge in [-0.2, -0.15) is 5.26 Å². The van der Waals surface area contributed by atoms with Crippen LogP contribution in [0.15, 0.2) is 53.0 Å². The Morgan fingerprint density at radius 1 is 1.21 bits per heavy atom. The Balaban J connectivity index is 2.33. The van der Waals surface area contributed by atoms with Gasteiger partial charge in [0.1, 0.15) is 17.3 Å². The van der Waals surface area contributed by atoms with Crippen molar-refractivity contribution >= 4 is 23.2 Å². The number of hydrogen-bond donors (Lipinski definition) is 1. The second kappa shape index (κ2) is 5.83. The maximum atomic E-state index is 9.55. The van der Waals surface area contributed by atoms with Crippen molar-refractivity contribution in [3.05, 3.63) is 63.6 Å². The van der Waals surface area contributed by atoms with Gasteiger partial charge in [-0.15, -0.1) is 0 Å². The topological polar surface area (TPSA) is 53.2 Å². The zero-order valence-electron chi connectivity index (χ0n) is 9.73. The monoisotopic (exact) mass is 293 g/mol. The first-order valence-corrected chi connectivity index (χ1v) is 6.19. The highest BCUT2D eigenvalue weighted by Crippen LogP contribution is 2.27. The number of benzene rings is 1. The van der Waals surface area contributed by atoms with Crippen LogP contribution < -0.4 is 4.74 Å². The number of nitrogens with zero attached hydrogens (tertiary/aromatic N) is 1. The maximum absolute atomic E-state index is 9.55. The lowest BCUT2D eigenvalue weighted by Crippen LogP contribution is -1.96. The second-order valence-electron chi connectivity index (χ2n) is 3.81. The van der Waals surface area contributed by atoms with Crippen LogP contribution in [0.2, 0.25) is 5.02 Å². The number of hydrogen-bond acceptors (Lipinski definition) is 3. The molecule has 1 N–H and O–H groups in total. The first kappa shape index (κ1) is 13.5. The quantitative estimate of drug-likeness (QED) is 0.877. The fraction of sp³-hybridized carbons (Fsp3) is 0.0714. The summed E-state index contributed by atoms with van der Waals surface area (Å²) in [6.07, 6.45) is 5.26. The predicted molar refractivity (Wildman–Crippen MR) is 74.1 cm³/mol. The molecule has 96 valence electrons. The summed E-state index contributed by atoms with van der Waals surface area (Å²) in [4.78, 5) is 0. The highest BCUT2D eigenvalue weighted by atomic mass is 35.5. The Bertz CT molecular complexity index is 639. The minimum Gasteiger partial charge on any atom is -0.508 e. The Morgan fingerprint density at radius 3 is 2.74 bits per heavy atom. The van der Waals surface area contributed by atoms with Crippen LogP contribution in [0.25, 0.3) is 0 Å². The van der Waals surface area contributed by atoms with Crippen molar-refractivity contribution in [1.29, 1.82) is 5.26 Å². The van der Waals surface area contributed by atoms with E-state index in [1.807, 2.05) is 6.07 Å². The van der Waals surface area contributed by atoms with Gasteiger partial charge in [0.2, 0.25) is 0 Å². The van der Waals surface area contributed by atoms with Crippen LogP contribution in [0.3, 0.4) is 0 Å². The van der Waals surface area contributed by atoms with E-state index < -0.39 is 0 Å². The molecule has 0 saturated carbocycles. The first-order chi connectivity index (χ1) is 9.08. The molecule has 1 aliphatic carbocycles. The number of allylic oxidation sites excluding steroid dienone is 4. The van der Waals surface area contributed by atoms with Gasteiger partial charge in [-0.25, -0.2) is 0 Å². The third kappa shape index (κ3) is 3.54. The molecule has 5 heteroatoms. The van der Waals surface area contributed by atoms with Gasteiger partial charge < -0.3 is 9.84 Å². The predicted octanol–water partition coefficient (Wildman–Crippen LogP) is 4.44. The maximum Gasteiger partial charge on any atom is 0.149 e. The number of rotatable bonds is 2. The molecule has 0 radical (unpaired) electrons. The lowest BCUT2D eigenvalue weighted by atomic mass is 10.2. The Morgan fingerprint density at radius 2 is 2.00 bits per heavy atom. The number of ether oxygens (including phenoxy) is 1. The second-order valence-corrected chi connectivity index (χ2v) is 4.66. The van der Waals surface area contributed by atoms with Crippen molar-refractivity contribution in [1.82, 2.24) is 0 Å². The molecule has 1 aliphatic rings. The van der Waals surface area contributed by atoms with E-state index in [-0.39, 0.29) is 5.76 Å². The molecule has 0 atom stereocenters. The third-order valence-electron chi connectivity index (χ3n) is 2.37. The van der Waals surface area contributed by atoms with Crippen LogP contribution in [0, 0.1) is 11.3 Å². The van der Waals surface area contributed by atoms with E-state index >= 15 is 0 Å². The Labute approximate surface area is 120 Å². The summed E-state index contributed by atoms with van der Waals surface area (Å²) in [6, 6.07) is 6.63. The lowest BCUT2D eigenvalue weighted by Gasteiger charge is -2.09. The average molecular weight is 294 g/mol. The smallest absolute Gasteiger partial charge is 0.149 e. The fourth-order valence-corrected chi connectivity index (χ4v) is 1.94. The molecule has 0 spiro atoms. The van der Waals surface area contributed by atoms with Crippen LogP contribution in [0.4, 0.5) is 0 Å². The summed E-state index contributed by atoms with van der Waals surface area (Å²) < 4.78 is 5.57. The molecule has 1 aromatic carbocycles. The summed E-state index contributed by atoms with van der Waals surface area (Å²) in [7, 11) is 0. The van der Waals surface area contributed by atoms with Crippen LogP contribution >= 0.6 is 23.2 Å². The van der Waals surface area contributed by atoms with Crippen LogP contribution in [0.5, 0.6) is 5.75 Å². The zero-order chi connectivity index (χ0) is 13.8. The molecule has 0 aromatic heterocycles. The highest BCUT2D eigenvalue weighted by molar-refractivity contribution is 6.32. The van der Waals surface area contributed by atoms with Crippen molar-refractivity contribution < 1.29 is 9.84 Å². The summed E-state index contributed by atoms with van der Waals surface area (Å²) in [5, 5.41) is 19.2. The largest absolute Gasteiger partial charge is 0.508 e. The Kier molecular flexibility index (Phi) is 4.16. The van der Waals surface area contributed by atoms with E-state index in [1.165, 1.54) is 12.1 Å². The normalized spacial score (nSPS) is 14.7. The minimum atomic E-state index is 0.0736. The first-order valence-electron chi connectivity index (χ1n) is 5.44. The summed E-state index contributed by atoms with van der Waals surface area (Å²) in [5.41, 5.74) is 0.386. The average Bonchev–Trinajstić information content (AvgIpc) is 2.51.